The number of alkyl halides is 2. The number of amides is 1. The molecule has 2 heterocycles. The number of nitrogens with one attached hydrogen (secondary N) is 1. The van der Waals surface area contributed by atoms with Crippen molar-refractivity contribution in [2.75, 3.05) is 14.2 Å². The summed E-state index contributed by atoms with van der Waals surface area (Å²) in [5.74, 6) is 1.63. The van der Waals surface area contributed by atoms with Crippen molar-refractivity contribution in [1.29, 1.82) is 0 Å². The minimum absolute atomic E-state index is 0.0407. The second kappa shape index (κ2) is 8.54. The Labute approximate surface area is 212 Å². The van der Waals surface area contributed by atoms with Gasteiger partial charge >= 0.3 is 6.29 Å². The summed E-state index contributed by atoms with van der Waals surface area (Å²) in [6, 6.07) is 17.5. The SMILES string of the molecule is COc1ccc(C2CC(NC(=O)C3(c4ccc5c(c4)OC(F)(F)O5)CC3)c3ccccc3O2)cc1OC. The van der Waals surface area contributed by atoms with E-state index in [4.69, 9.17) is 14.2 Å². The zero-order chi connectivity index (χ0) is 25.8. The van der Waals surface area contributed by atoms with Crippen LogP contribution >= 0.6 is 0 Å². The third kappa shape index (κ3) is 4.08. The van der Waals surface area contributed by atoms with E-state index < -0.39 is 11.7 Å². The number of ether oxygens (including phenoxy) is 5. The summed E-state index contributed by atoms with van der Waals surface area (Å²) in [7, 11) is 3.16. The maximum Gasteiger partial charge on any atom is 0.586 e. The van der Waals surface area contributed by atoms with E-state index in [-0.39, 0.29) is 29.6 Å². The van der Waals surface area contributed by atoms with Gasteiger partial charge < -0.3 is 29.0 Å². The maximum absolute atomic E-state index is 13.7. The molecule has 1 saturated carbocycles. The number of rotatable bonds is 6. The van der Waals surface area contributed by atoms with E-state index in [9.17, 15) is 13.6 Å². The first-order valence-corrected chi connectivity index (χ1v) is 12.0. The highest BCUT2D eigenvalue weighted by Gasteiger charge is 2.53. The van der Waals surface area contributed by atoms with Crippen LogP contribution in [0.5, 0.6) is 28.7 Å². The third-order valence-electron chi connectivity index (χ3n) is 7.24. The minimum Gasteiger partial charge on any atom is -0.493 e. The van der Waals surface area contributed by atoms with Crippen LogP contribution in [0.15, 0.2) is 60.7 Å². The van der Waals surface area contributed by atoms with Crippen molar-refractivity contribution in [3.8, 4) is 28.7 Å². The summed E-state index contributed by atoms with van der Waals surface area (Å²) < 4.78 is 53.2. The third-order valence-corrected chi connectivity index (χ3v) is 7.24. The topological polar surface area (TPSA) is 75.3 Å². The molecule has 192 valence electrons. The lowest BCUT2D eigenvalue weighted by Gasteiger charge is -2.34. The molecule has 6 rings (SSSR count). The number of hydrogen-bond donors (Lipinski definition) is 1. The average molecular weight is 510 g/mol. The summed E-state index contributed by atoms with van der Waals surface area (Å²) in [5.41, 5.74) is 1.60. The Balaban J connectivity index is 1.27. The van der Waals surface area contributed by atoms with Crippen LogP contribution in [-0.2, 0) is 10.2 Å². The monoisotopic (exact) mass is 509 g/mol. The highest BCUT2D eigenvalue weighted by molar-refractivity contribution is 5.92. The minimum atomic E-state index is -3.70. The molecular formula is C28H25F2NO6. The van der Waals surface area contributed by atoms with E-state index in [0.717, 1.165) is 11.1 Å². The van der Waals surface area contributed by atoms with E-state index >= 15 is 0 Å². The molecule has 1 amide bonds. The molecule has 1 N–H and O–H groups in total. The lowest BCUT2D eigenvalue weighted by molar-refractivity contribution is -0.286. The normalized spacial score (nSPS) is 21.8. The van der Waals surface area contributed by atoms with Crippen molar-refractivity contribution in [3.05, 3.63) is 77.4 Å². The van der Waals surface area contributed by atoms with Gasteiger partial charge in [0.05, 0.1) is 25.7 Å². The van der Waals surface area contributed by atoms with Gasteiger partial charge in [0.25, 0.3) is 0 Å². The van der Waals surface area contributed by atoms with Gasteiger partial charge in [-0.3, -0.25) is 4.79 Å². The van der Waals surface area contributed by atoms with Gasteiger partial charge in [-0.05, 0) is 54.3 Å². The predicted molar refractivity (Wildman–Crippen MR) is 128 cm³/mol. The van der Waals surface area contributed by atoms with Crippen LogP contribution in [0, 0.1) is 0 Å². The fraction of sp³-hybridized carbons (Fsp3) is 0.321. The predicted octanol–water partition coefficient (Wildman–Crippen LogP) is 5.44. The van der Waals surface area contributed by atoms with Gasteiger partial charge in [-0.1, -0.05) is 30.3 Å². The Bertz CT molecular complexity index is 1370. The Morgan fingerprint density at radius 1 is 0.919 bits per heavy atom. The van der Waals surface area contributed by atoms with Crippen molar-refractivity contribution in [3.63, 3.8) is 0 Å². The number of methoxy groups -OCH3 is 2. The van der Waals surface area contributed by atoms with E-state index in [0.29, 0.717) is 42.1 Å². The molecule has 3 aliphatic rings. The molecule has 37 heavy (non-hydrogen) atoms. The maximum atomic E-state index is 13.7. The number of para-hydroxylation sites is 1. The molecule has 1 aliphatic carbocycles. The van der Waals surface area contributed by atoms with Crippen molar-refractivity contribution in [2.24, 2.45) is 0 Å². The Hall–Kier alpha value is -4.01. The molecule has 0 bridgehead atoms. The summed E-state index contributed by atoms with van der Waals surface area (Å²) in [4.78, 5) is 13.7. The number of hydrogen-bond acceptors (Lipinski definition) is 6. The second-order valence-electron chi connectivity index (χ2n) is 9.43. The molecule has 0 spiro atoms. The highest BCUT2D eigenvalue weighted by atomic mass is 19.3. The van der Waals surface area contributed by atoms with Gasteiger partial charge in [-0.2, -0.15) is 0 Å². The Morgan fingerprint density at radius 3 is 2.43 bits per heavy atom. The zero-order valence-corrected chi connectivity index (χ0v) is 20.3. The van der Waals surface area contributed by atoms with Crippen molar-refractivity contribution >= 4 is 5.91 Å². The number of carbonyl (C=O) groups excluding carboxylic acids is 1. The van der Waals surface area contributed by atoms with Gasteiger partial charge in [0.1, 0.15) is 11.9 Å². The van der Waals surface area contributed by atoms with Gasteiger partial charge in [-0.15, -0.1) is 8.78 Å². The van der Waals surface area contributed by atoms with Gasteiger partial charge in [0, 0.05) is 12.0 Å². The van der Waals surface area contributed by atoms with E-state index in [1.165, 1.54) is 12.1 Å². The first-order chi connectivity index (χ1) is 17.8. The lowest BCUT2D eigenvalue weighted by Crippen LogP contribution is -2.39. The zero-order valence-electron chi connectivity index (χ0n) is 20.3. The molecule has 3 aromatic carbocycles. The van der Waals surface area contributed by atoms with E-state index in [1.54, 1.807) is 20.3 Å². The van der Waals surface area contributed by atoms with Gasteiger partial charge in [0.2, 0.25) is 5.91 Å². The molecule has 2 aliphatic heterocycles. The number of benzene rings is 3. The Kier molecular flexibility index (Phi) is 5.40. The molecule has 9 heteroatoms. The molecule has 1 fully saturated rings. The molecule has 0 saturated heterocycles. The molecule has 2 unspecified atom stereocenters. The highest BCUT2D eigenvalue weighted by Crippen LogP contribution is 2.53. The molecule has 0 radical (unpaired) electrons. The molecule has 3 aromatic rings. The lowest BCUT2D eigenvalue weighted by atomic mass is 9.90. The fourth-order valence-electron chi connectivity index (χ4n) is 5.13. The summed E-state index contributed by atoms with van der Waals surface area (Å²) in [5, 5.41) is 3.22. The van der Waals surface area contributed by atoms with Crippen LogP contribution < -0.4 is 29.0 Å². The van der Waals surface area contributed by atoms with Crippen LogP contribution in [0.2, 0.25) is 0 Å². The second-order valence-corrected chi connectivity index (χ2v) is 9.43. The number of halogens is 2. The van der Waals surface area contributed by atoms with Crippen LogP contribution in [0.25, 0.3) is 0 Å². The van der Waals surface area contributed by atoms with Crippen molar-refractivity contribution in [2.45, 2.75) is 43.1 Å². The summed E-state index contributed by atoms with van der Waals surface area (Å²) in [6.07, 6.45) is -2.31. The Morgan fingerprint density at radius 2 is 1.68 bits per heavy atom. The largest absolute Gasteiger partial charge is 0.586 e. The van der Waals surface area contributed by atoms with Gasteiger partial charge in [-0.25, -0.2) is 0 Å². The van der Waals surface area contributed by atoms with Crippen LogP contribution in [-0.4, -0.2) is 26.4 Å². The first-order valence-electron chi connectivity index (χ1n) is 12.0. The quantitative estimate of drug-likeness (QED) is 0.477. The molecule has 0 aromatic heterocycles. The van der Waals surface area contributed by atoms with Gasteiger partial charge in [0.15, 0.2) is 23.0 Å². The van der Waals surface area contributed by atoms with Crippen molar-refractivity contribution in [1.82, 2.24) is 5.32 Å². The van der Waals surface area contributed by atoms with E-state index in [2.05, 4.69) is 14.8 Å². The molecule has 7 nitrogen and oxygen atoms in total. The molecule has 2 atom stereocenters. The molecular weight excluding hydrogens is 484 g/mol. The fourth-order valence-corrected chi connectivity index (χ4v) is 5.13. The summed E-state index contributed by atoms with van der Waals surface area (Å²) >= 11 is 0. The number of fused-ring (bicyclic) bond motifs is 2. The number of carbonyl (C=O) groups is 1. The summed E-state index contributed by atoms with van der Waals surface area (Å²) in [6.45, 7) is 0. The first kappa shape index (κ1) is 23.4. The van der Waals surface area contributed by atoms with Crippen LogP contribution in [0.4, 0.5) is 8.78 Å². The van der Waals surface area contributed by atoms with Crippen molar-refractivity contribution < 1.29 is 37.3 Å². The standard InChI is InChI=1S/C28H25F2NO6/c1-33-21-9-7-16(13-24(21)34-2)23-15-19(18-5-3-4-6-20(18)35-23)31-26(32)27(11-12-27)17-8-10-22-25(14-17)37-28(29,30)36-22/h3-10,13-14,19,23H,11-12,15H2,1-2H3,(H,31,32). The average Bonchev–Trinajstić information content (AvgIpc) is 3.65. The van der Waals surface area contributed by atoms with E-state index in [1.807, 2.05) is 42.5 Å². The smallest absolute Gasteiger partial charge is 0.493 e. The van der Waals surface area contributed by atoms with Crippen LogP contribution in [0.1, 0.15) is 48.1 Å². The van der Waals surface area contributed by atoms with Crippen LogP contribution in [0.3, 0.4) is 0 Å².